The second-order valence-electron chi connectivity index (χ2n) is 6.93. The molecule has 2 aromatic rings. The van der Waals surface area contributed by atoms with Crippen LogP contribution in [0.2, 0.25) is 0 Å². The molecule has 1 aliphatic heterocycles. The predicted molar refractivity (Wildman–Crippen MR) is 118 cm³/mol. The van der Waals surface area contributed by atoms with Gasteiger partial charge >= 0.3 is 0 Å². The summed E-state index contributed by atoms with van der Waals surface area (Å²) < 4.78 is 5.47. The average Bonchev–Trinajstić information content (AvgIpc) is 3.20. The maximum Gasteiger partial charge on any atom is 0.191 e. The van der Waals surface area contributed by atoms with E-state index in [0.717, 1.165) is 58.3 Å². The van der Waals surface area contributed by atoms with Crippen LogP contribution in [0.3, 0.4) is 0 Å². The van der Waals surface area contributed by atoms with Gasteiger partial charge in [0.1, 0.15) is 0 Å². The van der Waals surface area contributed by atoms with E-state index in [0.29, 0.717) is 6.54 Å². The molecule has 0 atom stereocenters. The molecule has 2 N–H and O–H groups in total. The van der Waals surface area contributed by atoms with Gasteiger partial charge in [-0.15, -0.1) is 11.3 Å². The average molecular weight is 401 g/mol. The van der Waals surface area contributed by atoms with E-state index < -0.39 is 0 Å². The van der Waals surface area contributed by atoms with Crippen LogP contribution in [-0.2, 0) is 30.8 Å². The number of nitrogens with zero attached hydrogens (tertiary/aromatic N) is 2. The van der Waals surface area contributed by atoms with Crippen LogP contribution in [0.4, 0.5) is 0 Å². The Morgan fingerprint density at radius 2 is 1.79 bits per heavy atom. The maximum atomic E-state index is 5.47. The fourth-order valence-corrected chi connectivity index (χ4v) is 4.15. The topological polar surface area (TPSA) is 48.9 Å². The molecule has 3 rings (SSSR count). The first-order valence-electron chi connectivity index (χ1n) is 10.2. The smallest absolute Gasteiger partial charge is 0.191 e. The van der Waals surface area contributed by atoms with E-state index in [9.17, 15) is 0 Å². The van der Waals surface area contributed by atoms with Crippen molar-refractivity contribution < 1.29 is 4.74 Å². The van der Waals surface area contributed by atoms with Gasteiger partial charge in [-0.25, -0.2) is 4.99 Å². The summed E-state index contributed by atoms with van der Waals surface area (Å²) in [6.45, 7) is 11.3. The maximum absolute atomic E-state index is 5.47. The van der Waals surface area contributed by atoms with E-state index in [1.807, 2.05) is 11.3 Å². The molecular weight excluding hydrogens is 368 g/mol. The summed E-state index contributed by atoms with van der Waals surface area (Å²) in [5.74, 6) is 0.870. The largest absolute Gasteiger partial charge is 0.379 e. The molecule has 2 heterocycles. The molecule has 5 nitrogen and oxygen atoms in total. The van der Waals surface area contributed by atoms with Crippen molar-refractivity contribution in [2.45, 2.75) is 39.9 Å². The van der Waals surface area contributed by atoms with E-state index in [4.69, 9.17) is 9.73 Å². The Kier molecular flexibility index (Phi) is 8.33. The Morgan fingerprint density at radius 1 is 1.04 bits per heavy atom. The number of rotatable bonds is 8. The molecular formula is C22H32N4OS. The minimum absolute atomic E-state index is 0.681. The van der Waals surface area contributed by atoms with E-state index >= 15 is 0 Å². The summed E-state index contributed by atoms with van der Waals surface area (Å²) in [7, 11) is 0. The van der Waals surface area contributed by atoms with Crippen LogP contribution in [0.5, 0.6) is 0 Å². The van der Waals surface area contributed by atoms with Gasteiger partial charge in [0.2, 0.25) is 0 Å². The third kappa shape index (κ3) is 6.33. The standard InChI is InChI=1S/C22H32N4OS/c1-3-20-9-10-21(28-20)16-25-22(23-4-2)24-15-18-7-5-6-8-19(18)17-26-11-13-27-14-12-26/h5-10H,3-4,11-17H2,1-2H3,(H2,23,24,25). The zero-order valence-electron chi connectivity index (χ0n) is 17.0. The molecule has 0 spiro atoms. The molecule has 0 aliphatic carbocycles. The van der Waals surface area contributed by atoms with Crippen LogP contribution >= 0.6 is 11.3 Å². The highest BCUT2D eigenvalue weighted by Gasteiger charge is 2.12. The zero-order valence-corrected chi connectivity index (χ0v) is 17.9. The molecule has 1 aliphatic rings. The molecule has 152 valence electrons. The lowest BCUT2D eigenvalue weighted by atomic mass is 10.1. The minimum atomic E-state index is 0.681. The van der Waals surface area contributed by atoms with Crippen molar-refractivity contribution in [3.8, 4) is 0 Å². The van der Waals surface area contributed by atoms with Crippen molar-refractivity contribution in [2.24, 2.45) is 4.99 Å². The highest BCUT2D eigenvalue weighted by molar-refractivity contribution is 7.11. The van der Waals surface area contributed by atoms with Crippen molar-refractivity contribution in [3.63, 3.8) is 0 Å². The zero-order chi connectivity index (χ0) is 19.6. The van der Waals surface area contributed by atoms with Gasteiger partial charge in [0.25, 0.3) is 0 Å². The molecule has 6 heteroatoms. The van der Waals surface area contributed by atoms with Crippen LogP contribution < -0.4 is 10.6 Å². The summed E-state index contributed by atoms with van der Waals surface area (Å²) in [5.41, 5.74) is 2.64. The minimum Gasteiger partial charge on any atom is -0.379 e. The third-order valence-electron chi connectivity index (χ3n) is 4.86. The van der Waals surface area contributed by atoms with Gasteiger partial charge in [-0.1, -0.05) is 31.2 Å². The highest BCUT2D eigenvalue weighted by atomic mass is 32.1. The molecule has 0 radical (unpaired) electrons. The van der Waals surface area contributed by atoms with Gasteiger partial charge in [-0.3, -0.25) is 4.90 Å². The second-order valence-corrected chi connectivity index (χ2v) is 8.18. The van der Waals surface area contributed by atoms with Crippen LogP contribution in [0, 0.1) is 0 Å². The lowest BCUT2D eigenvalue weighted by molar-refractivity contribution is 0.0341. The lowest BCUT2D eigenvalue weighted by Crippen LogP contribution is -2.37. The second kappa shape index (κ2) is 11.2. The molecule has 0 unspecified atom stereocenters. The van der Waals surface area contributed by atoms with Crippen LogP contribution in [0.15, 0.2) is 41.4 Å². The number of benzene rings is 1. The summed E-state index contributed by atoms with van der Waals surface area (Å²) in [6, 6.07) is 13.1. The Bertz CT molecular complexity index is 752. The van der Waals surface area contributed by atoms with E-state index in [2.05, 4.69) is 65.8 Å². The normalized spacial score (nSPS) is 15.6. The first-order valence-corrected chi connectivity index (χ1v) is 11.1. The Labute approximate surface area is 172 Å². The van der Waals surface area contributed by atoms with Gasteiger partial charge in [0.05, 0.1) is 26.3 Å². The van der Waals surface area contributed by atoms with Crippen molar-refractivity contribution in [1.82, 2.24) is 15.5 Å². The molecule has 28 heavy (non-hydrogen) atoms. The number of thiophene rings is 1. The van der Waals surface area contributed by atoms with Crippen molar-refractivity contribution in [3.05, 3.63) is 57.3 Å². The number of aryl methyl sites for hydroxylation is 1. The number of morpholine rings is 1. The molecule has 0 amide bonds. The van der Waals surface area contributed by atoms with Crippen molar-refractivity contribution in [1.29, 1.82) is 0 Å². The van der Waals surface area contributed by atoms with Crippen LogP contribution in [0.1, 0.15) is 34.7 Å². The van der Waals surface area contributed by atoms with Gasteiger partial charge in [-0.05, 0) is 36.6 Å². The number of nitrogens with one attached hydrogen (secondary N) is 2. The van der Waals surface area contributed by atoms with E-state index in [-0.39, 0.29) is 0 Å². The predicted octanol–water partition coefficient (Wildman–Crippen LogP) is 3.40. The number of hydrogen-bond donors (Lipinski definition) is 2. The first kappa shape index (κ1) is 20.8. The molecule has 0 saturated carbocycles. The quantitative estimate of drug-likeness (QED) is 0.527. The fourth-order valence-electron chi connectivity index (χ4n) is 3.25. The molecule has 1 aromatic heterocycles. The number of ether oxygens (including phenoxy) is 1. The number of hydrogen-bond acceptors (Lipinski definition) is 4. The summed E-state index contributed by atoms with van der Waals surface area (Å²) in [6.07, 6.45) is 1.10. The van der Waals surface area contributed by atoms with Crippen molar-refractivity contribution in [2.75, 3.05) is 32.8 Å². The summed E-state index contributed by atoms with van der Waals surface area (Å²) in [5, 5.41) is 6.83. The number of guanidine groups is 1. The molecule has 0 bridgehead atoms. The third-order valence-corrected chi connectivity index (χ3v) is 6.09. The van der Waals surface area contributed by atoms with E-state index in [1.54, 1.807) is 0 Å². The highest BCUT2D eigenvalue weighted by Crippen LogP contribution is 2.17. The van der Waals surface area contributed by atoms with Crippen LogP contribution in [0.25, 0.3) is 0 Å². The number of aliphatic imine (C=N–C) groups is 1. The Hall–Kier alpha value is -1.89. The Morgan fingerprint density at radius 3 is 2.50 bits per heavy atom. The molecule has 1 saturated heterocycles. The van der Waals surface area contributed by atoms with E-state index in [1.165, 1.54) is 20.9 Å². The van der Waals surface area contributed by atoms with Gasteiger partial charge < -0.3 is 15.4 Å². The summed E-state index contributed by atoms with van der Waals surface area (Å²) >= 11 is 1.87. The first-order chi connectivity index (χ1) is 13.8. The monoisotopic (exact) mass is 400 g/mol. The molecule has 1 aromatic carbocycles. The fraction of sp³-hybridized carbons (Fsp3) is 0.500. The Balaban J connectivity index is 1.61. The van der Waals surface area contributed by atoms with Crippen LogP contribution in [-0.4, -0.2) is 43.7 Å². The van der Waals surface area contributed by atoms with Gasteiger partial charge in [-0.2, -0.15) is 0 Å². The van der Waals surface area contributed by atoms with Gasteiger partial charge in [0.15, 0.2) is 5.96 Å². The lowest BCUT2D eigenvalue weighted by Gasteiger charge is -2.27. The molecule has 1 fully saturated rings. The van der Waals surface area contributed by atoms with Crippen molar-refractivity contribution >= 4 is 17.3 Å². The van der Waals surface area contributed by atoms with Gasteiger partial charge in [0, 0.05) is 35.9 Å². The SMILES string of the molecule is CCNC(=NCc1ccccc1CN1CCOCC1)NCc1ccc(CC)s1. The summed E-state index contributed by atoms with van der Waals surface area (Å²) in [4.78, 5) is 10.1.